The molecule has 1 saturated carbocycles. The molecule has 2 fully saturated rings. The summed E-state index contributed by atoms with van der Waals surface area (Å²) in [6.45, 7) is 3.54. The summed E-state index contributed by atoms with van der Waals surface area (Å²) in [7, 11) is 0. The molecule has 2 aliphatic rings. The average molecular weight is 381 g/mol. The molecule has 0 spiro atoms. The number of aromatic nitrogens is 1. The summed E-state index contributed by atoms with van der Waals surface area (Å²) in [6, 6.07) is 0.229. The maximum absolute atomic E-state index is 12.5. The molecular formula is C15H26Cl2N4OS. The van der Waals surface area contributed by atoms with Gasteiger partial charge in [-0.1, -0.05) is 6.42 Å². The summed E-state index contributed by atoms with van der Waals surface area (Å²) in [5, 5.41) is 3.08. The van der Waals surface area contributed by atoms with Gasteiger partial charge in [0.1, 0.15) is 0 Å². The number of amides is 1. The standard InChI is InChI=1S/C15H24N4OS.2ClH/c16-13-4-1-3-12(13)11-14(20)18-6-2-7-19(9-8-18)15-17-5-10-21-15;;/h5,10,12-13H,1-4,6-9,11,16H2;2*1H/t12-,13+;;/m0../s1. The Morgan fingerprint density at radius 3 is 2.70 bits per heavy atom. The van der Waals surface area contributed by atoms with Crippen LogP contribution in [0.2, 0.25) is 0 Å². The van der Waals surface area contributed by atoms with Crippen LogP contribution in [-0.2, 0) is 4.79 Å². The van der Waals surface area contributed by atoms with E-state index in [2.05, 4.69) is 9.88 Å². The summed E-state index contributed by atoms with van der Waals surface area (Å²) < 4.78 is 0. The minimum absolute atomic E-state index is 0. The molecule has 5 nitrogen and oxygen atoms in total. The van der Waals surface area contributed by atoms with Crippen LogP contribution in [0.15, 0.2) is 11.6 Å². The van der Waals surface area contributed by atoms with Gasteiger partial charge in [-0.2, -0.15) is 0 Å². The normalized spacial score (nSPS) is 24.6. The van der Waals surface area contributed by atoms with E-state index in [1.54, 1.807) is 11.3 Å². The lowest BCUT2D eigenvalue weighted by atomic mass is 9.99. The summed E-state index contributed by atoms with van der Waals surface area (Å²) in [6.07, 6.45) is 6.87. The van der Waals surface area contributed by atoms with Gasteiger partial charge in [-0.05, 0) is 25.2 Å². The van der Waals surface area contributed by atoms with Crippen molar-refractivity contribution < 1.29 is 4.79 Å². The Balaban J connectivity index is 0.00000132. The zero-order valence-corrected chi connectivity index (χ0v) is 15.7. The van der Waals surface area contributed by atoms with Crippen LogP contribution in [0, 0.1) is 5.92 Å². The number of halogens is 2. The van der Waals surface area contributed by atoms with Gasteiger partial charge in [-0.15, -0.1) is 36.2 Å². The van der Waals surface area contributed by atoms with E-state index in [0.29, 0.717) is 18.2 Å². The number of rotatable bonds is 3. The van der Waals surface area contributed by atoms with Crippen molar-refractivity contribution in [3.05, 3.63) is 11.6 Å². The Bertz CT molecular complexity index is 474. The van der Waals surface area contributed by atoms with Crippen LogP contribution in [0.4, 0.5) is 5.13 Å². The number of carbonyl (C=O) groups is 1. The minimum atomic E-state index is 0. The molecule has 2 N–H and O–H groups in total. The first-order valence-corrected chi connectivity index (χ1v) is 8.80. The van der Waals surface area contributed by atoms with E-state index < -0.39 is 0 Å². The Hall–Kier alpha value is -0.560. The smallest absolute Gasteiger partial charge is 0.222 e. The Kier molecular flexibility index (Phi) is 8.61. The number of thiazole rings is 1. The third-order valence-electron chi connectivity index (χ3n) is 4.69. The highest BCUT2D eigenvalue weighted by atomic mass is 35.5. The van der Waals surface area contributed by atoms with Crippen molar-refractivity contribution >= 4 is 47.2 Å². The second kappa shape index (κ2) is 9.67. The third kappa shape index (κ3) is 5.21. The average Bonchev–Trinajstić information content (AvgIpc) is 3.07. The monoisotopic (exact) mass is 380 g/mol. The van der Waals surface area contributed by atoms with Gasteiger partial charge in [0.2, 0.25) is 5.91 Å². The molecule has 1 amide bonds. The van der Waals surface area contributed by atoms with Crippen molar-refractivity contribution in [1.82, 2.24) is 9.88 Å². The second-order valence-electron chi connectivity index (χ2n) is 6.10. The van der Waals surface area contributed by atoms with Crippen molar-refractivity contribution in [2.24, 2.45) is 11.7 Å². The van der Waals surface area contributed by atoms with Crippen LogP contribution < -0.4 is 10.6 Å². The quantitative estimate of drug-likeness (QED) is 0.874. The molecule has 2 heterocycles. The molecule has 3 rings (SSSR count). The maximum atomic E-state index is 12.5. The Morgan fingerprint density at radius 2 is 2.04 bits per heavy atom. The number of carbonyl (C=O) groups excluding carboxylic acids is 1. The van der Waals surface area contributed by atoms with Crippen molar-refractivity contribution in [1.29, 1.82) is 0 Å². The van der Waals surface area contributed by atoms with Crippen molar-refractivity contribution in [2.45, 2.75) is 38.1 Å². The number of nitrogens with zero attached hydrogens (tertiary/aromatic N) is 3. The first-order valence-electron chi connectivity index (χ1n) is 7.92. The molecule has 1 saturated heterocycles. The van der Waals surface area contributed by atoms with E-state index in [9.17, 15) is 4.79 Å². The molecule has 0 unspecified atom stereocenters. The largest absolute Gasteiger partial charge is 0.346 e. The van der Waals surface area contributed by atoms with Crippen molar-refractivity contribution in [2.75, 3.05) is 31.1 Å². The lowest BCUT2D eigenvalue weighted by Crippen LogP contribution is -2.37. The van der Waals surface area contributed by atoms with Gasteiger partial charge in [0.25, 0.3) is 0 Å². The molecule has 8 heteroatoms. The zero-order chi connectivity index (χ0) is 14.7. The number of nitrogens with two attached hydrogens (primary N) is 1. The second-order valence-corrected chi connectivity index (χ2v) is 6.97. The SMILES string of the molecule is Cl.Cl.N[C@@H]1CCC[C@H]1CC(=O)N1CCCN(c2nccs2)CC1. The number of hydrogen-bond donors (Lipinski definition) is 1. The third-order valence-corrected chi connectivity index (χ3v) is 5.53. The highest BCUT2D eigenvalue weighted by molar-refractivity contribution is 7.13. The molecular weight excluding hydrogens is 355 g/mol. The molecule has 1 aromatic rings. The van der Waals surface area contributed by atoms with Gasteiger partial charge in [0.15, 0.2) is 5.13 Å². The summed E-state index contributed by atoms with van der Waals surface area (Å²) in [4.78, 5) is 21.2. The van der Waals surface area contributed by atoms with Gasteiger partial charge < -0.3 is 15.5 Å². The number of anilines is 1. The molecule has 0 aromatic carbocycles. The molecule has 23 heavy (non-hydrogen) atoms. The number of hydrogen-bond acceptors (Lipinski definition) is 5. The van der Waals surface area contributed by atoms with Crippen LogP contribution >= 0.6 is 36.2 Å². The van der Waals surface area contributed by atoms with Crippen LogP contribution in [0.25, 0.3) is 0 Å². The van der Waals surface area contributed by atoms with E-state index in [1.807, 2.05) is 16.5 Å². The van der Waals surface area contributed by atoms with E-state index in [0.717, 1.165) is 50.6 Å². The summed E-state index contributed by atoms with van der Waals surface area (Å²) in [5.74, 6) is 0.689. The maximum Gasteiger partial charge on any atom is 0.222 e. The molecule has 0 radical (unpaired) electrons. The Morgan fingerprint density at radius 1 is 1.22 bits per heavy atom. The van der Waals surface area contributed by atoms with Gasteiger partial charge in [-0.25, -0.2) is 4.98 Å². The molecule has 132 valence electrons. The van der Waals surface area contributed by atoms with Crippen LogP contribution in [-0.4, -0.2) is 48.0 Å². The van der Waals surface area contributed by atoms with Crippen LogP contribution in [0.1, 0.15) is 32.1 Å². The zero-order valence-electron chi connectivity index (χ0n) is 13.2. The van der Waals surface area contributed by atoms with Gasteiger partial charge in [-0.3, -0.25) is 4.79 Å². The minimum Gasteiger partial charge on any atom is -0.346 e. The molecule has 1 aromatic heterocycles. The topological polar surface area (TPSA) is 62.5 Å². The lowest BCUT2D eigenvalue weighted by Gasteiger charge is -2.24. The van der Waals surface area contributed by atoms with Gasteiger partial charge in [0, 0.05) is 50.2 Å². The van der Waals surface area contributed by atoms with Crippen LogP contribution in [0.5, 0.6) is 0 Å². The van der Waals surface area contributed by atoms with E-state index in [4.69, 9.17) is 5.73 Å². The van der Waals surface area contributed by atoms with Crippen LogP contribution in [0.3, 0.4) is 0 Å². The van der Waals surface area contributed by atoms with Crippen molar-refractivity contribution in [3.8, 4) is 0 Å². The van der Waals surface area contributed by atoms with E-state index >= 15 is 0 Å². The highest BCUT2D eigenvalue weighted by Gasteiger charge is 2.28. The van der Waals surface area contributed by atoms with E-state index in [1.165, 1.54) is 6.42 Å². The molecule has 0 bridgehead atoms. The lowest BCUT2D eigenvalue weighted by molar-refractivity contribution is -0.132. The first kappa shape index (κ1) is 20.5. The Labute approximate surface area is 154 Å². The fourth-order valence-electron chi connectivity index (χ4n) is 3.40. The highest BCUT2D eigenvalue weighted by Crippen LogP contribution is 2.27. The predicted molar refractivity (Wildman–Crippen MR) is 100.0 cm³/mol. The molecule has 2 atom stereocenters. The fourth-order valence-corrected chi connectivity index (χ4v) is 4.10. The summed E-state index contributed by atoms with van der Waals surface area (Å²) in [5.41, 5.74) is 6.09. The van der Waals surface area contributed by atoms with E-state index in [-0.39, 0.29) is 30.9 Å². The predicted octanol–water partition coefficient (Wildman–Crippen LogP) is 2.54. The fraction of sp³-hybridized carbons (Fsp3) is 0.733. The molecule has 1 aliphatic heterocycles. The summed E-state index contributed by atoms with van der Waals surface area (Å²) >= 11 is 1.67. The van der Waals surface area contributed by atoms with Gasteiger partial charge >= 0.3 is 0 Å². The first-order chi connectivity index (χ1) is 10.2. The molecule has 1 aliphatic carbocycles. The van der Waals surface area contributed by atoms with Crippen molar-refractivity contribution in [3.63, 3.8) is 0 Å². The van der Waals surface area contributed by atoms with Gasteiger partial charge in [0.05, 0.1) is 0 Å².